The van der Waals surface area contributed by atoms with Crippen LogP contribution < -0.4 is 5.32 Å². The summed E-state index contributed by atoms with van der Waals surface area (Å²) in [5.41, 5.74) is 2.12. The quantitative estimate of drug-likeness (QED) is 0.837. The molecule has 0 bridgehead atoms. The zero-order valence-electron chi connectivity index (χ0n) is 15.5. The molecule has 1 amide bonds. The Balaban J connectivity index is 1.52. The van der Waals surface area contributed by atoms with Crippen molar-refractivity contribution in [3.8, 4) is 17.0 Å². The molecule has 1 fully saturated rings. The molecule has 5 nitrogen and oxygen atoms in total. The Morgan fingerprint density at radius 1 is 1.35 bits per heavy atom. The molecule has 0 aliphatic carbocycles. The Morgan fingerprint density at radius 3 is 2.88 bits per heavy atom. The standard InChI is InChI=1S/C21H27N3O2/c1-15(2)13-24-9-8-16(14-24)11-23-21(26)18-6-7-20(22-12-18)17-4-3-5-19(25)10-17/h3-7,10,12,15-16,25H,8-9,11,13-14H2,1-2H3,(H,23,26)/t16-/m0/s1. The molecule has 2 heterocycles. The lowest BCUT2D eigenvalue weighted by molar-refractivity contribution is 0.0947. The summed E-state index contributed by atoms with van der Waals surface area (Å²) in [5.74, 6) is 1.33. The Hall–Kier alpha value is -2.40. The number of benzene rings is 1. The van der Waals surface area contributed by atoms with Gasteiger partial charge in [-0.1, -0.05) is 26.0 Å². The van der Waals surface area contributed by atoms with Crippen molar-refractivity contribution in [1.82, 2.24) is 15.2 Å². The Morgan fingerprint density at radius 2 is 2.19 bits per heavy atom. The topological polar surface area (TPSA) is 65.5 Å². The summed E-state index contributed by atoms with van der Waals surface area (Å²) in [6.45, 7) is 8.50. The molecule has 2 aromatic rings. The number of nitrogens with one attached hydrogen (secondary N) is 1. The van der Waals surface area contributed by atoms with Crippen LogP contribution in [0.15, 0.2) is 42.6 Å². The molecular formula is C21H27N3O2. The number of likely N-dealkylation sites (tertiary alicyclic amines) is 1. The lowest BCUT2D eigenvalue weighted by Gasteiger charge is -2.18. The Labute approximate surface area is 155 Å². The van der Waals surface area contributed by atoms with Gasteiger partial charge in [0, 0.05) is 31.4 Å². The van der Waals surface area contributed by atoms with Crippen molar-refractivity contribution in [3.05, 3.63) is 48.2 Å². The summed E-state index contributed by atoms with van der Waals surface area (Å²) in [5, 5.41) is 12.6. The first-order chi connectivity index (χ1) is 12.5. The van der Waals surface area contributed by atoms with Crippen LogP contribution in [0.2, 0.25) is 0 Å². The number of phenols is 1. The highest BCUT2D eigenvalue weighted by Crippen LogP contribution is 2.21. The maximum atomic E-state index is 12.4. The first-order valence-electron chi connectivity index (χ1n) is 9.27. The highest BCUT2D eigenvalue weighted by molar-refractivity contribution is 5.94. The van der Waals surface area contributed by atoms with Crippen molar-refractivity contribution in [2.24, 2.45) is 11.8 Å². The van der Waals surface area contributed by atoms with Gasteiger partial charge in [0.15, 0.2) is 0 Å². The van der Waals surface area contributed by atoms with Crippen LogP contribution in [-0.4, -0.2) is 47.1 Å². The molecule has 1 aliphatic rings. The summed E-state index contributed by atoms with van der Waals surface area (Å²) in [6.07, 6.45) is 2.73. The van der Waals surface area contributed by atoms with Gasteiger partial charge in [0.1, 0.15) is 5.75 Å². The van der Waals surface area contributed by atoms with Gasteiger partial charge in [-0.2, -0.15) is 0 Å². The fourth-order valence-corrected chi connectivity index (χ4v) is 3.46. The number of phenolic OH excluding ortho intramolecular Hbond substituents is 1. The molecule has 5 heteroatoms. The molecule has 1 saturated heterocycles. The zero-order chi connectivity index (χ0) is 18.5. The van der Waals surface area contributed by atoms with E-state index in [0.717, 1.165) is 37.3 Å². The summed E-state index contributed by atoms with van der Waals surface area (Å²) in [7, 11) is 0. The number of amides is 1. The number of carbonyl (C=O) groups is 1. The number of aromatic nitrogens is 1. The fraction of sp³-hybridized carbons (Fsp3) is 0.429. The normalized spacial score (nSPS) is 17.6. The molecule has 138 valence electrons. The molecule has 1 aromatic heterocycles. The van der Waals surface area contributed by atoms with E-state index in [9.17, 15) is 9.90 Å². The van der Waals surface area contributed by atoms with Crippen LogP contribution in [0.1, 0.15) is 30.6 Å². The van der Waals surface area contributed by atoms with E-state index in [2.05, 4.69) is 29.0 Å². The summed E-state index contributed by atoms with van der Waals surface area (Å²) in [4.78, 5) is 19.2. The number of hydrogen-bond donors (Lipinski definition) is 2. The van der Waals surface area contributed by atoms with Crippen molar-refractivity contribution in [3.63, 3.8) is 0 Å². The van der Waals surface area contributed by atoms with Gasteiger partial charge in [-0.25, -0.2) is 0 Å². The van der Waals surface area contributed by atoms with Crippen LogP contribution >= 0.6 is 0 Å². The van der Waals surface area contributed by atoms with Crippen molar-refractivity contribution < 1.29 is 9.90 Å². The largest absolute Gasteiger partial charge is 0.508 e. The van der Waals surface area contributed by atoms with Crippen LogP contribution in [0.4, 0.5) is 0 Å². The molecular weight excluding hydrogens is 326 g/mol. The van der Waals surface area contributed by atoms with E-state index >= 15 is 0 Å². The lowest BCUT2D eigenvalue weighted by atomic mass is 10.1. The van der Waals surface area contributed by atoms with Gasteiger partial charge < -0.3 is 15.3 Å². The number of aromatic hydroxyl groups is 1. The third-order valence-corrected chi connectivity index (χ3v) is 4.71. The Kier molecular flexibility index (Phi) is 5.89. The van der Waals surface area contributed by atoms with Crippen LogP contribution in [-0.2, 0) is 0 Å². The smallest absolute Gasteiger partial charge is 0.252 e. The van der Waals surface area contributed by atoms with Crippen molar-refractivity contribution in [1.29, 1.82) is 0 Å². The average molecular weight is 353 g/mol. The monoisotopic (exact) mass is 353 g/mol. The van der Waals surface area contributed by atoms with Gasteiger partial charge in [0.25, 0.3) is 5.91 Å². The predicted octanol–water partition coefficient (Wildman–Crippen LogP) is 3.16. The highest BCUT2D eigenvalue weighted by atomic mass is 16.3. The second kappa shape index (κ2) is 8.32. The van der Waals surface area contributed by atoms with Gasteiger partial charge in [-0.05, 0) is 49.1 Å². The van der Waals surface area contributed by atoms with Crippen LogP contribution in [0.5, 0.6) is 5.75 Å². The van der Waals surface area contributed by atoms with Gasteiger partial charge in [0.05, 0.1) is 11.3 Å². The number of carbonyl (C=O) groups excluding carboxylic acids is 1. The van der Waals surface area contributed by atoms with Crippen molar-refractivity contribution >= 4 is 5.91 Å². The maximum absolute atomic E-state index is 12.4. The van der Waals surface area contributed by atoms with E-state index in [-0.39, 0.29) is 11.7 Å². The van der Waals surface area contributed by atoms with Gasteiger partial charge >= 0.3 is 0 Å². The van der Waals surface area contributed by atoms with Crippen molar-refractivity contribution in [2.45, 2.75) is 20.3 Å². The minimum atomic E-state index is -0.0812. The predicted molar refractivity (Wildman–Crippen MR) is 103 cm³/mol. The molecule has 1 aromatic carbocycles. The van der Waals surface area contributed by atoms with E-state index in [0.29, 0.717) is 23.9 Å². The molecule has 0 unspecified atom stereocenters. The second-order valence-corrected chi connectivity index (χ2v) is 7.50. The molecule has 0 spiro atoms. The Bertz CT molecular complexity index is 743. The number of pyridine rings is 1. The van der Waals surface area contributed by atoms with E-state index in [4.69, 9.17) is 0 Å². The van der Waals surface area contributed by atoms with E-state index in [1.807, 2.05) is 12.1 Å². The summed E-state index contributed by atoms with van der Waals surface area (Å²) < 4.78 is 0. The molecule has 1 aliphatic heterocycles. The number of rotatable bonds is 6. The van der Waals surface area contributed by atoms with Crippen LogP contribution in [0.25, 0.3) is 11.3 Å². The molecule has 3 rings (SSSR count). The first kappa shape index (κ1) is 18.4. The van der Waals surface area contributed by atoms with E-state index < -0.39 is 0 Å². The van der Waals surface area contributed by atoms with Gasteiger partial charge in [0.2, 0.25) is 0 Å². The second-order valence-electron chi connectivity index (χ2n) is 7.50. The highest BCUT2D eigenvalue weighted by Gasteiger charge is 2.23. The molecule has 0 saturated carbocycles. The third-order valence-electron chi connectivity index (χ3n) is 4.71. The molecule has 0 radical (unpaired) electrons. The van der Waals surface area contributed by atoms with E-state index in [1.165, 1.54) is 0 Å². The molecule has 1 atom stereocenters. The minimum Gasteiger partial charge on any atom is -0.508 e. The lowest BCUT2D eigenvalue weighted by Crippen LogP contribution is -2.31. The van der Waals surface area contributed by atoms with Gasteiger partial charge in [-0.3, -0.25) is 9.78 Å². The average Bonchev–Trinajstić information content (AvgIpc) is 3.06. The van der Waals surface area contributed by atoms with E-state index in [1.54, 1.807) is 30.5 Å². The number of hydrogen-bond acceptors (Lipinski definition) is 4. The summed E-state index contributed by atoms with van der Waals surface area (Å²) >= 11 is 0. The van der Waals surface area contributed by atoms with Crippen molar-refractivity contribution in [2.75, 3.05) is 26.2 Å². The fourth-order valence-electron chi connectivity index (χ4n) is 3.46. The number of nitrogens with zero attached hydrogens (tertiary/aromatic N) is 2. The van der Waals surface area contributed by atoms with Crippen LogP contribution in [0, 0.1) is 11.8 Å². The SMILES string of the molecule is CC(C)CN1CC[C@@H](CNC(=O)c2ccc(-c3cccc(O)c3)nc2)C1. The minimum absolute atomic E-state index is 0.0812. The third kappa shape index (κ3) is 4.82. The molecule has 26 heavy (non-hydrogen) atoms. The first-order valence-corrected chi connectivity index (χ1v) is 9.27. The zero-order valence-corrected chi connectivity index (χ0v) is 15.5. The molecule has 2 N–H and O–H groups in total. The summed E-state index contributed by atoms with van der Waals surface area (Å²) in [6, 6.07) is 10.5. The van der Waals surface area contributed by atoms with Gasteiger partial charge in [-0.15, -0.1) is 0 Å². The maximum Gasteiger partial charge on any atom is 0.252 e. The van der Waals surface area contributed by atoms with Crippen LogP contribution in [0.3, 0.4) is 0 Å².